The highest BCUT2D eigenvalue weighted by atomic mass is 35.5. The van der Waals surface area contributed by atoms with Crippen molar-refractivity contribution in [1.29, 1.82) is 0 Å². The van der Waals surface area contributed by atoms with Gasteiger partial charge < -0.3 is 14.7 Å². The molecule has 1 heterocycles. The average Bonchev–Trinajstić information content (AvgIpc) is 3.00. The van der Waals surface area contributed by atoms with E-state index in [4.69, 9.17) is 16.3 Å². The van der Waals surface area contributed by atoms with E-state index in [0.29, 0.717) is 21.6 Å². The number of hydrogen-bond acceptors (Lipinski definition) is 4. The van der Waals surface area contributed by atoms with Crippen LogP contribution < -0.4 is 5.69 Å². The number of ether oxygens (including phenoxy) is 1. The van der Waals surface area contributed by atoms with Crippen LogP contribution in [-0.2, 0) is 9.53 Å². The number of benzene rings is 2. The van der Waals surface area contributed by atoms with E-state index in [1.807, 2.05) is 13.8 Å². The minimum atomic E-state index is -0.487. The Hall–Kier alpha value is -2.86. The van der Waals surface area contributed by atoms with Crippen molar-refractivity contribution in [3.63, 3.8) is 0 Å². The third-order valence-electron chi connectivity index (χ3n) is 4.33. The molecule has 2 aromatic carbocycles. The second-order valence-electron chi connectivity index (χ2n) is 6.64. The van der Waals surface area contributed by atoms with E-state index in [9.17, 15) is 14.4 Å². The van der Waals surface area contributed by atoms with Gasteiger partial charge in [-0.2, -0.15) is 0 Å². The number of carbonyl (C=O) groups excluding carboxylic acids is 2. The van der Waals surface area contributed by atoms with Gasteiger partial charge in [-0.25, -0.2) is 4.79 Å². The van der Waals surface area contributed by atoms with Gasteiger partial charge in [-0.3, -0.25) is 9.59 Å². The summed E-state index contributed by atoms with van der Waals surface area (Å²) in [7, 11) is 0. The number of nitrogens with one attached hydrogen (secondary N) is 2. The molecule has 0 bridgehead atoms. The monoisotopic (exact) mass is 386 g/mol. The Morgan fingerprint density at radius 3 is 2.37 bits per heavy atom. The van der Waals surface area contributed by atoms with Crippen LogP contribution in [0.2, 0.25) is 5.02 Å². The van der Waals surface area contributed by atoms with Crippen LogP contribution in [0, 0.1) is 5.92 Å². The first-order chi connectivity index (χ1) is 12.8. The molecule has 27 heavy (non-hydrogen) atoms. The van der Waals surface area contributed by atoms with E-state index in [1.54, 1.807) is 42.5 Å². The molecular formula is C20H19ClN2O4. The molecule has 1 aromatic heterocycles. The van der Waals surface area contributed by atoms with Gasteiger partial charge in [0.25, 0.3) is 0 Å². The van der Waals surface area contributed by atoms with Crippen LogP contribution in [0.3, 0.4) is 0 Å². The number of esters is 1. The number of rotatable bonds is 6. The van der Waals surface area contributed by atoms with Gasteiger partial charge in [-0.1, -0.05) is 37.6 Å². The molecule has 0 radical (unpaired) electrons. The molecule has 0 aliphatic rings. The summed E-state index contributed by atoms with van der Waals surface area (Å²) in [6, 6.07) is 11.8. The molecule has 0 spiro atoms. The first kappa shape index (κ1) is 18.9. The molecule has 0 aliphatic carbocycles. The summed E-state index contributed by atoms with van der Waals surface area (Å²) in [6.45, 7) is 3.47. The van der Waals surface area contributed by atoms with Gasteiger partial charge in [0, 0.05) is 10.6 Å². The maximum Gasteiger partial charge on any atom is 0.323 e. The zero-order chi connectivity index (χ0) is 19.6. The Morgan fingerprint density at radius 2 is 1.70 bits per heavy atom. The van der Waals surface area contributed by atoms with Gasteiger partial charge in [-0.15, -0.1) is 0 Å². The molecule has 6 nitrogen and oxygen atoms in total. The molecule has 140 valence electrons. The van der Waals surface area contributed by atoms with Gasteiger partial charge >= 0.3 is 11.7 Å². The number of aromatic nitrogens is 2. The minimum Gasteiger partial charge on any atom is -0.457 e. The van der Waals surface area contributed by atoms with Crippen LogP contribution in [0.15, 0.2) is 47.3 Å². The number of ketones is 1. The molecule has 0 fully saturated rings. The van der Waals surface area contributed by atoms with E-state index >= 15 is 0 Å². The number of aromatic amines is 2. The third kappa shape index (κ3) is 4.28. The normalized spacial score (nSPS) is 12.3. The van der Waals surface area contributed by atoms with Gasteiger partial charge in [0.1, 0.15) is 0 Å². The number of imidazole rings is 1. The van der Waals surface area contributed by atoms with E-state index in [0.717, 1.165) is 5.56 Å². The SMILES string of the molecule is CC(C)C(C(=O)OCC(=O)c1ccc2[nH]c(=O)[nH]c2c1)c1ccc(Cl)cc1. The first-order valence-corrected chi connectivity index (χ1v) is 8.90. The summed E-state index contributed by atoms with van der Waals surface area (Å²) >= 11 is 5.90. The predicted molar refractivity (Wildman–Crippen MR) is 103 cm³/mol. The smallest absolute Gasteiger partial charge is 0.323 e. The Bertz CT molecular complexity index is 1030. The van der Waals surface area contributed by atoms with E-state index < -0.39 is 11.9 Å². The highest BCUT2D eigenvalue weighted by Gasteiger charge is 2.26. The van der Waals surface area contributed by atoms with Gasteiger partial charge in [0.15, 0.2) is 12.4 Å². The maximum absolute atomic E-state index is 12.6. The molecule has 7 heteroatoms. The van der Waals surface area contributed by atoms with Crippen molar-refractivity contribution in [3.8, 4) is 0 Å². The Labute approximate surface area is 160 Å². The Morgan fingerprint density at radius 1 is 1.04 bits per heavy atom. The van der Waals surface area contributed by atoms with Gasteiger partial charge in [0.05, 0.1) is 17.0 Å². The minimum absolute atomic E-state index is 0.00458. The molecule has 0 aliphatic heterocycles. The van der Waals surface area contributed by atoms with Crippen LogP contribution in [0.5, 0.6) is 0 Å². The summed E-state index contributed by atoms with van der Waals surface area (Å²) < 4.78 is 5.28. The molecule has 1 atom stereocenters. The Kier molecular flexibility index (Phi) is 5.46. The molecule has 3 rings (SSSR count). The van der Waals surface area contributed by atoms with Crippen molar-refractivity contribution >= 4 is 34.4 Å². The van der Waals surface area contributed by atoms with E-state index in [1.165, 1.54) is 0 Å². The zero-order valence-corrected chi connectivity index (χ0v) is 15.7. The molecule has 2 N–H and O–H groups in total. The van der Waals surface area contributed by atoms with E-state index in [2.05, 4.69) is 9.97 Å². The van der Waals surface area contributed by atoms with Crippen LogP contribution in [-0.4, -0.2) is 28.3 Å². The summed E-state index contributed by atoms with van der Waals surface area (Å²) in [4.78, 5) is 41.4. The van der Waals surface area contributed by atoms with Gasteiger partial charge in [0.2, 0.25) is 0 Å². The largest absolute Gasteiger partial charge is 0.457 e. The predicted octanol–water partition coefficient (Wildman–Crippen LogP) is 3.68. The molecule has 0 amide bonds. The zero-order valence-electron chi connectivity index (χ0n) is 14.9. The van der Waals surface area contributed by atoms with Crippen LogP contribution >= 0.6 is 11.6 Å². The first-order valence-electron chi connectivity index (χ1n) is 8.52. The van der Waals surface area contributed by atoms with Crippen molar-refractivity contribution in [2.24, 2.45) is 5.92 Å². The summed E-state index contributed by atoms with van der Waals surface area (Å²) in [5.74, 6) is -1.30. The number of halogens is 1. The van der Waals surface area contributed by atoms with Crippen molar-refractivity contribution in [2.75, 3.05) is 6.61 Å². The quantitative estimate of drug-likeness (QED) is 0.499. The van der Waals surface area contributed by atoms with Crippen molar-refractivity contribution in [3.05, 3.63) is 69.1 Å². The lowest BCUT2D eigenvalue weighted by molar-refractivity contribution is -0.145. The number of fused-ring (bicyclic) bond motifs is 1. The standard InChI is InChI=1S/C20H19ClN2O4/c1-11(2)18(12-3-6-14(21)7-4-12)19(25)27-10-17(24)13-5-8-15-16(9-13)23-20(26)22-15/h3-9,11,18H,10H2,1-2H3,(H2,22,23,26). The number of carbonyl (C=O) groups is 2. The highest BCUT2D eigenvalue weighted by Crippen LogP contribution is 2.27. The summed E-state index contributed by atoms with van der Waals surface area (Å²) in [5.41, 5.74) is 1.94. The molecule has 3 aromatic rings. The maximum atomic E-state index is 12.6. The molecular weight excluding hydrogens is 368 g/mol. The lowest BCUT2D eigenvalue weighted by atomic mass is 9.88. The average molecular weight is 387 g/mol. The highest BCUT2D eigenvalue weighted by molar-refractivity contribution is 6.30. The van der Waals surface area contributed by atoms with Crippen molar-refractivity contribution < 1.29 is 14.3 Å². The fourth-order valence-electron chi connectivity index (χ4n) is 2.98. The number of hydrogen-bond donors (Lipinski definition) is 2. The fourth-order valence-corrected chi connectivity index (χ4v) is 3.11. The second kappa shape index (κ2) is 7.80. The van der Waals surface area contributed by atoms with Crippen LogP contribution in [0.25, 0.3) is 11.0 Å². The Balaban J connectivity index is 1.71. The summed E-state index contributed by atoms with van der Waals surface area (Å²) in [6.07, 6.45) is 0. The topological polar surface area (TPSA) is 92.0 Å². The van der Waals surface area contributed by atoms with Crippen LogP contribution in [0.4, 0.5) is 0 Å². The summed E-state index contributed by atoms with van der Waals surface area (Å²) in [5, 5.41) is 0.586. The molecule has 1 unspecified atom stereocenters. The lowest BCUT2D eigenvalue weighted by Gasteiger charge is -2.19. The lowest BCUT2D eigenvalue weighted by Crippen LogP contribution is -2.23. The number of H-pyrrole nitrogens is 2. The number of Topliss-reactive ketones (excluding diaryl/α,β-unsaturated/α-hetero) is 1. The third-order valence-corrected chi connectivity index (χ3v) is 4.59. The van der Waals surface area contributed by atoms with Crippen molar-refractivity contribution in [2.45, 2.75) is 19.8 Å². The van der Waals surface area contributed by atoms with E-state index in [-0.39, 0.29) is 24.0 Å². The fraction of sp³-hybridized carbons (Fsp3) is 0.250. The molecule has 0 saturated carbocycles. The second-order valence-corrected chi connectivity index (χ2v) is 7.08. The van der Waals surface area contributed by atoms with Gasteiger partial charge in [-0.05, 0) is 41.8 Å². The van der Waals surface area contributed by atoms with Crippen molar-refractivity contribution in [1.82, 2.24) is 9.97 Å². The molecule has 0 saturated heterocycles. The van der Waals surface area contributed by atoms with Crippen LogP contribution in [0.1, 0.15) is 35.7 Å².